The third kappa shape index (κ3) is 3.43. The number of hydrogen-bond donors (Lipinski definition) is 1. The van der Waals surface area contributed by atoms with Gasteiger partial charge in [-0.2, -0.15) is 10.2 Å². The van der Waals surface area contributed by atoms with E-state index in [1.807, 2.05) is 75.8 Å². The van der Waals surface area contributed by atoms with Crippen molar-refractivity contribution in [1.82, 2.24) is 24.1 Å². The molecule has 4 rings (SSSR count). The Morgan fingerprint density at radius 2 is 1.86 bits per heavy atom. The van der Waals surface area contributed by atoms with Crippen LogP contribution in [0.2, 0.25) is 0 Å². The molecule has 0 saturated carbocycles. The Labute approximate surface area is 163 Å². The van der Waals surface area contributed by atoms with Crippen LogP contribution in [0.3, 0.4) is 0 Å². The number of nitrogens with zero attached hydrogens (tertiary/aromatic N) is 5. The third-order valence-corrected chi connectivity index (χ3v) is 4.76. The molecule has 0 saturated heterocycles. The van der Waals surface area contributed by atoms with E-state index in [1.54, 1.807) is 0 Å². The van der Waals surface area contributed by atoms with Gasteiger partial charge in [0.2, 0.25) is 5.91 Å². The number of carbonyl (C=O) groups is 1. The first kappa shape index (κ1) is 18.0. The van der Waals surface area contributed by atoms with Crippen molar-refractivity contribution in [2.45, 2.75) is 39.8 Å². The number of anilines is 1. The molecule has 0 aliphatic rings. The van der Waals surface area contributed by atoms with Crippen molar-refractivity contribution >= 4 is 22.6 Å². The maximum absolute atomic E-state index is 12.4. The van der Waals surface area contributed by atoms with E-state index in [1.165, 1.54) is 0 Å². The first-order valence-corrected chi connectivity index (χ1v) is 9.47. The molecule has 7 heteroatoms. The second kappa shape index (κ2) is 7.34. The molecule has 0 atom stereocenters. The molecule has 1 amide bonds. The molecule has 7 nitrogen and oxygen atoms in total. The van der Waals surface area contributed by atoms with E-state index in [0.717, 1.165) is 28.1 Å². The summed E-state index contributed by atoms with van der Waals surface area (Å²) in [6, 6.07) is 12.0. The summed E-state index contributed by atoms with van der Waals surface area (Å²) < 4.78 is 5.86. The van der Waals surface area contributed by atoms with Gasteiger partial charge in [0.05, 0.1) is 18.4 Å². The van der Waals surface area contributed by atoms with E-state index in [2.05, 4.69) is 29.4 Å². The average Bonchev–Trinajstić information content (AvgIpc) is 3.39. The van der Waals surface area contributed by atoms with Gasteiger partial charge in [0.15, 0.2) is 0 Å². The molecule has 0 fully saturated rings. The van der Waals surface area contributed by atoms with Crippen molar-refractivity contribution in [3.63, 3.8) is 0 Å². The molecule has 0 aliphatic carbocycles. The van der Waals surface area contributed by atoms with Crippen molar-refractivity contribution in [3.05, 3.63) is 60.7 Å². The summed E-state index contributed by atoms with van der Waals surface area (Å²) in [6.07, 6.45) is 6.15. The second-order valence-electron chi connectivity index (χ2n) is 7.16. The minimum Gasteiger partial charge on any atom is -0.326 e. The van der Waals surface area contributed by atoms with Crippen LogP contribution in [-0.2, 0) is 11.3 Å². The Morgan fingerprint density at radius 1 is 1.14 bits per heavy atom. The number of nitrogens with one attached hydrogen (secondary N) is 1. The number of fused-ring (bicyclic) bond motifs is 1. The van der Waals surface area contributed by atoms with Crippen molar-refractivity contribution in [2.75, 3.05) is 5.32 Å². The summed E-state index contributed by atoms with van der Waals surface area (Å²) in [5, 5.41) is 12.0. The maximum atomic E-state index is 12.4. The fourth-order valence-corrected chi connectivity index (χ4v) is 3.40. The highest BCUT2D eigenvalue weighted by Gasteiger charge is 2.15. The Balaban J connectivity index is 1.40. The predicted molar refractivity (Wildman–Crippen MR) is 110 cm³/mol. The fraction of sp³-hybridized carbons (Fsp3) is 0.286. The van der Waals surface area contributed by atoms with Gasteiger partial charge in [-0.1, -0.05) is 0 Å². The lowest BCUT2D eigenvalue weighted by atomic mass is 10.2. The predicted octanol–water partition coefficient (Wildman–Crippen LogP) is 3.94. The monoisotopic (exact) mass is 376 g/mol. The van der Waals surface area contributed by atoms with Crippen molar-refractivity contribution in [3.8, 4) is 5.69 Å². The molecule has 0 spiro atoms. The molecule has 3 heterocycles. The van der Waals surface area contributed by atoms with Crippen molar-refractivity contribution in [1.29, 1.82) is 0 Å². The molecule has 0 bridgehead atoms. The molecule has 1 aromatic carbocycles. The summed E-state index contributed by atoms with van der Waals surface area (Å²) in [5.74, 6) is -0.0359. The topological polar surface area (TPSA) is 69.7 Å². The minimum atomic E-state index is -0.0359. The summed E-state index contributed by atoms with van der Waals surface area (Å²) in [6.45, 7) is 6.68. The Bertz CT molecular complexity index is 1090. The number of aryl methyl sites for hydroxylation is 2. The number of benzene rings is 1. The highest BCUT2D eigenvalue weighted by atomic mass is 16.1. The smallest absolute Gasteiger partial charge is 0.226 e. The van der Waals surface area contributed by atoms with Crippen LogP contribution in [0.1, 0.15) is 32.0 Å². The number of rotatable bonds is 6. The third-order valence-electron chi connectivity index (χ3n) is 4.76. The van der Waals surface area contributed by atoms with E-state index >= 15 is 0 Å². The van der Waals surface area contributed by atoms with Gasteiger partial charge in [0, 0.05) is 36.2 Å². The molecule has 28 heavy (non-hydrogen) atoms. The molecule has 0 radical (unpaired) electrons. The van der Waals surface area contributed by atoms with Gasteiger partial charge in [-0.3, -0.25) is 14.2 Å². The molecular formula is C21H24N6O. The van der Waals surface area contributed by atoms with Gasteiger partial charge in [-0.25, -0.2) is 0 Å². The zero-order valence-corrected chi connectivity index (χ0v) is 16.3. The lowest BCUT2D eigenvalue weighted by Gasteiger charge is -2.08. The number of aromatic nitrogens is 5. The largest absolute Gasteiger partial charge is 0.326 e. The summed E-state index contributed by atoms with van der Waals surface area (Å²) in [4.78, 5) is 12.4. The van der Waals surface area contributed by atoms with Gasteiger partial charge in [0.25, 0.3) is 0 Å². The first-order valence-electron chi connectivity index (χ1n) is 9.47. The second-order valence-corrected chi connectivity index (χ2v) is 7.16. The molecule has 0 unspecified atom stereocenters. The van der Waals surface area contributed by atoms with Crippen LogP contribution in [-0.4, -0.2) is 30.0 Å². The average molecular weight is 376 g/mol. The Kier molecular flexibility index (Phi) is 4.73. The molecular weight excluding hydrogens is 352 g/mol. The molecule has 0 aliphatic heterocycles. The van der Waals surface area contributed by atoms with Gasteiger partial charge < -0.3 is 9.88 Å². The van der Waals surface area contributed by atoms with Crippen LogP contribution in [0.5, 0.6) is 0 Å². The highest BCUT2D eigenvalue weighted by Crippen LogP contribution is 2.21. The normalized spacial score (nSPS) is 11.4. The SMILES string of the molecule is Cc1nn(C(C)C)c2cnn(CCC(=O)Nc3ccc(-n4cccc4)cc3)c12. The molecule has 1 N–H and O–H groups in total. The van der Waals surface area contributed by atoms with Crippen LogP contribution in [0.25, 0.3) is 16.7 Å². The summed E-state index contributed by atoms with van der Waals surface area (Å²) in [5.41, 5.74) is 4.78. The molecule has 4 aromatic rings. The van der Waals surface area contributed by atoms with Crippen LogP contribution < -0.4 is 5.32 Å². The molecule has 144 valence electrons. The lowest BCUT2D eigenvalue weighted by Crippen LogP contribution is -2.15. The lowest BCUT2D eigenvalue weighted by molar-refractivity contribution is -0.116. The Hall–Kier alpha value is -3.35. The standard InChI is InChI=1S/C21H24N6O/c1-15(2)27-19-14-22-26(21(19)16(3)24-27)13-10-20(28)23-17-6-8-18(9-7-17)25-11-4-5-12-25/h4-9,11-12,14-15H,10,13H2,1-3H3,(H,23,28). The van der Waals surface area contributed by atoms with Gasteiger partial charge in [0.1, 0.15) is 11.0 Å². The van der Waals surface area contributed by atoms with Crippen LogP contribution in [0, 0.1) is 6.92 Å². The van der Waals surface area contributed by atoms with Crippen LogP contribution in [0.4, 0.5) is 5.69 Å². The zero-order valence-electron chi connectivity index (χ0n) is 16.3. The first-order chi connectivity index (χ1) is 13.5. The van der Waals surface area contributed by atoms with E-state index in [-0.39, 0.29) is 11.9 Å². The van der Waals surface area contributed by atoms with Gasteiger partial charge in [-0.05, 0) is 57.2 Å². The quantitative estimate of drug-likeness (QED) is 0.554. The van der Waals surface area contributed by atoms with Gasteiger partial charge in [-0.15, -0.1) is 0 Å². The van der Waals surface area contributed by atoms with Crippen LogP contribution in [0.15, 0.2) is 55.0 Å². The zero-order chi connectivity index (χ0) is 19.7. The summed E-state index contributed by atoms with van der Waals surface area (Å²) in [7, 11) is 0. The number of amides is 1. The van der Waals surface area contributed by atoms with E-state index in [9.17, 15) is 4.79 Å². The van der Waals surface area contributed by atoms with Crippen LogP contribution >= 0.6 is 0 Å². The van der Waals surface area contributed by atoms with E-state index < -0.39 is 0 Å². The fourth-order valence-electron chi connectivity index (χ4n) is 3.40. The molecule has 3 aromatic heterocycles. The summed E-state index contributed by atoms with van der Waals surface area (Å²) >= 11 is 0. The van der Waals surface area contributed by atoms with E-state index in [0.29, 0.717) is 13.0 Å². The minimum absolute atomic E-state index is 0.0359. The van der Waals surface area contributed by atoms with E-state index in [4.69, 9.17) is 0 Å². The highest BCUT2D eigenvalue weighted by molar-refractivity contribution is 5.90. The Morgan fingerprint density at radius 3 is 2.54 bits per heavy atom. The van der Waals surface area contributed by atoms with Gasteiger partial charge >= 0.3 is 0 Å². The number of hydrogen-bond acceptors (Lipinski definition) is 3. The van der Waals surface area contributed by atoms with Crippen molar-refractivity contribution in [2.24, 2.45) is 0 Å². The number of carbonyl (C=O) groups excluding carboxylic acids is 1. The maximum Gasteiger partial charge on any atom is 0.226 e. The van der Waals surface area contributed by atoms with Crippen molar-refractivity contribution < 1.29 is 4.79 Å².